The predicted octanol–water partition coefficient (Wildman–Crippen LogP) is 6.21. The van der Waals surface area contributed by atoms with Crippen LogP contribution in [-0.2, 0) is 27.8 Å². The highest BCUT2D eigenvalue weighted by Crippen LogP contribution is 2.30. The second kappa shape index (κ2) is 11.1. The summed E-state index contributed by atoms with van der Waals surface area (Å²) in [6.07, 6.45) is -0.338. The lowest BCUT2D eigenvalue weighted by atomic mass is 9.87. The smallest absolute Gasteiger partial charge is 0.333 e. The summed E-state index contributed by atoms with van der Waals surface area (Å²) in [5.74, 6) is -1.45. The molecule has 5 nitrogen and oxygen atoms in total. The van der Waals surface area contributed by atoms with Crippen molar-refractivity contribution in [1.82, 2.24) is 4.98 Å². The molecule has 2 aromatic carbocycles. The summed E-state index contributed by atoms with van der Waals surface area (Å²) in [7, 11) is 0. The molecule has 0 aliphatic carbocycles. The molecular weight excluding hydrogens is 453 g/mol. The van der Waals surface area contributed by atoms with Crippen LogP contribution in [0.5, 0.6) is 5.75 Å². The number of hydrogen-bond acceptors (Lipinski definition) is 5. The number of aromatic nitrogens is 1. The van der Waals surface area contributed by atoms with Crippen molar-refractivity contribution in [3.8, 4) is 16.3 Å². The lowest BCUT2D eigenvalue weighted by molar-refractivity contribution is -0.149. The van der Waals surface area contributed by atoms with Crippen molar-refractivity contribution in [2.45, 2.75) is 59.0 Å². The summed E-state index contributed by atoms with van der Waals surface area (Å²) in [6.45, 7) is 10.9. The fraction of sp³-hybridized carbons (Fsp3) is 0.407. The Hall–Kier alpha value is -2.77. The number of rotatable bonds is 10. The third-order valence-corrected chi connectivity index (χ3v) is 6.61. The number of aliphatic carboxylic acids is 1. The molecule has 1 atom stereocenters. The first kappa shape index (κ1) is 25.8. The van der Waals surface area contributed by atoms with Crippen molar-refractivity contribution in [2.24, 2.45) is 0 Å². The number of ether oxygens (including phenoxy) is 2. The number of thiazole rings is 1. The van der Waals surface area contributed by atoms with E-state index in [1.165, 1.54) is 17.7 Å². The summed E-state index contributed by atoms with van der Waals surface area (Å²) < 4.78 is 25.4. The van der Waals surface area contributed by atoms with E-state index in [0.717, 1.165) is 21.1 Å². The molecule has 0 fully saturated rings. The van der Waals surface area contributed by atoms with Gasteiger partial charge in [-0.2, -0.15) is 0 Å². The Morgan fingerprint density at radius 3 is 2.47 bits per heavy atom. The molecule has 0 aliphatic rings. The van der Waals surface area contributed by atoms with E-state index in [4.69, 9.17) is 14.5 Å². The molecule has 0 spiro atoms. The summed E-state index contributed by atoms with van der Waals surface area (Å²) in [5.41, 5.74) is 3.96. The molecular formula is C27H32FNO4S. The number of halogens is 1. The second-order valence-electron chi connectivity index (χ2n) is 9.20. The van der Waals surface area contributed by atoms with E-state index < -0.39 is 17.9 Å². The van der Waals surface area contributed by atoms with Crippen molar-refractivity contribution in [2.75, 3.05) is 13.2 Å². The van der Waals surface area contributed by atoms with E-state index in [1.807, 2.05) is 6.92 Å². The zero-order valence-electron chi connectivity index (χ0n) is 20.4. The van der Waals surface area contributed by atoms with Gasteiger partial charge in [0.15, 0.2) is 17.7 Å². The van der Waals surface area contributed by atoms with Crippen molar-refractivity contribution in [1.29, 1.82) is 0 Å². The minimum Gasteiger partial charge on any atom is -0.490 e. The number of carboxylic acid groups (broad SMARTS) is 1. The van der Waals surface area contributed by atoms with E-state index in [-0.39, 0.29) is 24.2 Å². The van der Waals surface area contributed by atoms with Gasteiger partial charge in [-0.15, -0.1) is 11.3 Å². The minimum absolute atomic E-state index is 0.0951. The molecule has 1 unspecified atom stereocenters. The van der Waals surface area contributed by atoms with Crippen LogP contribution in [0.15, 0.2) is 42.5 Å². The molecule has 34 heavy (non-hydrogen) atoms. The van der Waals surface area contributed by atoms with Crippen LogP contribution in [0.1, 0.15) is 49.4 Å². The van der Waals surface area contributed by atoms with Crippen LogP contribution in [0, 0.1) is 12.7 Å². The van der Waals surface area contributed by atoms with Gasteiger partial charge in [-0.25, -0.2) is 14.2 Å². The maximum absolute atomic E-state index is 14.5. The van der Waals surface area contributed by atoms with Gasteiger partial charge >= 0.3 is 5.97 Å². The largest absolute Gasteiger partial charge is 0.490 e. The Bertz CT molecular complexity index is 1120. The van der Waals surface area contributed by atoms with Crippen LogP contribution in [0.4, 0.5) is 4.39 Å². The fourth-order valence-electron chi connectivity index (χ4n) is 3.58. The third-order valence-electron chi connectivity index (χ3n) is 5.55. The Labute approximate surface area is 204 Å². The van der Waals surface area contributed by atoms with Crippen LogP contribution < -0.4 is 4.74 Å². The van der Waals surface area contributed by atoms with Crippen molar-refractivity contribution >= 4 is 17.3 Å². The zero-order chi connectivity index (χ0) is 24.9. The van der Waals surface area contributed by atoms with E-state index in [1.54, 1.807) is 24.3 Å². The first-order chi connectivity index (χ1) is 16.1. The highest BCUT2D eigenvalue weighted by atomic mass is 32.1. The van der Waals surface area contributed by atoms with Gasteiger partial charge < -0.3 is 14.6 Å². The summed E-state index contributed by atoms with van der Waals surface area (Å²) >= 11 is 1.64. The highest BCUT2D eigenvalue weighted by molar-refractivity contribution is 7.15. The first-order valence-corrected chi connectivity index (χ1v) is 12.2. The standard InChI is InChI=1S/C27H32FNO4S/c1-6-32-24(26(30)31)16-18-7-12-23(21(28)15-18)33-14-13-22-17(2)34-25(29-22)19-8-10-20(11-9-19)27(3,4)5/h7-12,15,24H,6,13-14,16H2,1-5H3,(H,30,31). The monoisotopic (exact) mass is 485 g/mol. The van der Waals surface area contributed by atoms with Crippen LogP contribution in [0.25, 0.3) is 10.6 Å². The number of carboxylic acids is 1. The van der Waals surface area contributed by atoms with Crippen LogP contribution in [0.2, 0.25) is 0 Å². The van der Waals surface area contributed by atoms with Gasteiger partial charge in [-0.05, 0) is 42.5 Å². The van der Waals surface area contributed by atoms with Gasteiger partial charge in [0, 0.05) is 29.9 Å². The predicted molar refractivity (Wildman–Crippen MR) is 133 cm³/mol. The minimum atomic E-state index is -1.06. The second-order valence-corrected chi connectivity index (χ2v) is 10.4. The third kappa shape index (κ3) is 6.64. The summed E-state index contributed by atoms with van der Waals surface area (Å²) in [6, 6.07) is 13.0. The molecule has 1 N–H and O–H groups in total. The SMILES string of the molecule is CCOC(Cc1ccc(OCCc2nc(-c3ccc(C(C)(C)C)cc3)sc2C)c(F)c1)C(=O)O. The molecule has 1 heterocycles. The average Bonchev–Trinajstić information content (AvgIpc) is 3.15. The fourth-order valence-corrected chi connectivity index (χ4v) is 4.54. The quantitative estimate of drug-likeness (QED) is 0.370. The van der Waals surface area contributed by atoms with Gasteiger partial charge in [0.1, 0.15) is 5.01 Å². The Balaban J connectivity index is 1.60. The maximum Gasteiger partial charge on any atom is 0.333 e. The van der Waals surface area contributed by atoms with Gasteiger partial charge in [0.2, 0.25) is 0 Å². The molecule has 0 amide bonds. The lowest BCUT2D eigenvalue weighted by Crippen LogP contribution is -2.26. The van der Waals surface area contributed by atoms with Gasteiger partial charge in [-0.1, -0.05) is 51.1 Å². The van der Waals surface area contributed by atoms with Crippen LogP contribution in [-0.4, -0.2) is 35.4 Å². The van der Waals surface area contributed by atoms with E-state index >= 15 is 0 Å². The molecule has 3 aromatic rings. The van der Waals surface area contributed by atoms with Crippen molar-refractivity contribution < 1.29 is 23.8 Å². The van der Waals surface area contributed by atoms with Gasteiger partial charge in [0.05, 0.1) is 12.3 Å². The molecule has 0 saturated carbocycles. The Morgan fingerprint density at radius 1 is 1.18 bits per heavy atom. The number of hydrogen-bond donors (Lipinski definition) is 1. The Morgan fingerprint density at radius 2 is 1.88 bits per heavy atom. The molecule has 3 rings (SSSR count). The zero-order valence-corrected chi connectivity index (χ0v) is 21.2. The number of aryl methyl sites for hydroxylation is 1. The molecule has 1 aromatic heterocycles. The lowest BCUT2D eigenvalue weighted by Gasteiger charge is -2.18. The molecule has 0 aliphatic heterocycles. The highest BCUT2D eigenvalue weighted by Gasteiger charge is 2.19. The molecule has 7 heteroatoms. The summed E-state index contributed by atoms with van der Waals surface area (Å²) in [5, 5.41) is 10.2. The van der Waals surface area contributed by atoms with E-state index in [2.05, 4.69) is 45.0 Å². The number of carbonyl (C=O) groups is 1. The first-order valence-electron chi connectivity index (χ1n) is 11.4. The Kier molecular flexibility index (Phi) is 8.44. The maximum atomic E-state index is 14.5. The van der Waals surface area contributed by atoms with Crippen LogP contribution in [0.3, 0.4) is 0 Å². The number of benzene rings is 2. The topological polar surface area (TPSA) is 68.7 Å². The van der Waals surface area contributed by atoms with Crippen molar-refractivity contribution in [3.63, 3.8) is 0 Å². The van der Waals surface area contributed by atoms with Crippen LogP contribution >= 0.6 is 11.3 Å². The van der Waals surface area contributed by atoms with Gasteiger partial charge in [0.25, 0.3) is 0 Å². The van der Waals surface area contributed by atoms with Crippen molar-refractivity contribution in [3.05, 3.63) is 70.0 Å². The van der Waals surface area contributed by atoms with Gasteiger partial charge in [-0.3, -0.25) is 0 Å². The molecule has 0 saturated heterocycles. The summed E-state index contributed by atoms with van der Waals surface area (Å²) in [4.78, 5) is 17.1. The molecule has 0 bridgehead atoms. The van der Waals surface area contributed by atoms with E-state index in [9.17, 15) is 14.3 Å². The molecule has 182 valence electrons. The van der Waals surface area contributed by atoms with E-state index in [0.29, 0.717) is 18.6 Å². The number of nitrogens with zero attached hydrogens (tertiary/aromatic N) is 1. The average molecular weight is 486 g/mol. The normalized spacial score (nSPS) is 12.5. The molecule has 0 radical (unpaired) electrons.